The summed E-state index contributed by atoms with van der Waals surface area (Å²) in [6.45, 7) is 5.80. The quantitative estimate of drug-likeness (QED) is 0.430. The van der Waals surface area contributed by atoms with E-state index in [9.17, 15) is 4.79 Å². The van der Waals surface area contributed by atoms with Gasteiger partial charge in [0.15, 0.2) is 0 Å². The highest BCUT2D eigenvalue weighted by Crippen LogP contribution is 2.19. The van der Waals surface area contributed by atoms with Crippen LogP contribution in [0, 0.1) is 0 Å². The summed E-state index contributed by atoms with van der Waals surface area (Å²) in [6, 6.07) is 7.69. The Kier molecular flexibility index (Phi) is 5.58. The molecule has 1 rings (SSSR count). The van der Waals surface area contributed by atoms with Crippen molar-refractivity contribution in [2.24, 2.45) is 0 Å². The van der Waals surface area contributed by atoms with Crippen LogP contribution in [0.4, 0.5) is 0 Å². The average Bonchev–Trinajstić information content (AvgIpc) is 2.36. The summed E-state index contributed by atoms with van der Waals surface area (Å²) in [4.78, 5) is 10.8. The van der Waals surface area contributed by atoms with E-state index in [0.29, 0.717) is 6.61 Å². The summed E-state index contributed by atoms with van der Waals surface area (Å²) in [5.74, 6) is 0.343. The number of rotatable bonds is 6. The van der Waals surface area contributed by atoms with Crippen molar-refractivity contribution in [3.63, 3.8) is 0 Å². The maximum atomic E-state index is 10.8. The SMILES string of the molecule is C=CC(=O)OCCOc1ccccc1C=CC. The number of para-hydroxylation sites is 1. The Morgan fingerprint density at radius 2 is 2.12 bits per heavy atom. The molecule has 0 bridgehead atoms. The van der Waals surface area contributed by atoms with Gasteiger partial charge in [0.25, 0.3) is 0 Å². The summed E-state index contributed by atoms with van der Waals surface area (Å²) in [5, 5.41) is 0. The standard InChI is InChI=1S/C14H16O3/c1-3-7-12-8-5-6-9-13(12)16-10-11-17-14(15)4-2/h3-9H,2,10-11H2,1H3. The van der Waals surface area contributed by atoms with Crippen molar-refractivity contribution in [1.29, 1.82) is 0 Å². The third kappa shape index (κ3) is 4.55. The Hall–Kier alpha value is -2.03. The Bertz CT molecular complexity index is 408. The molecule has 90 valence electrons. The van der Waals surface area contributed by atoms with Gasteiger partial charge in [0.2, 0.25) is 0 Å². The number of carbonyl (C=O) groups excluding carboxylic acids is 1. The Balaban J connectivity index is 2.46. The van der Waals surface area contributed by atoms with Crippen molar-refractivity contribution < 1.29 is 14.3 Å². The molecule has 0 aliphatic rings. The first-order valence-electron chi connectivity index (χ1n) is 5.41. The molecule has 1 aromatic rings. The van der Waals surface area contributed by atoms with E-state index in [-0.39, 0.29) is 6.61 Å². The molecule has 0 spiro atoms. The third-order valence-electron chi connectivity index (χ3n) is 2.02. The molecular weight excluding hydrogens is 216 g/mol. The molecule has 0 aromatic heterocycles. The average molecular weight is 232 g/mol. The second kappa shape index (κ2) is 7.28. The second-order valence-corrected chi connectivity index (χ2v) is 3.26. The fraction of sp³-hybridized carbons (Fsp3) is 0.214. The number of allylic oxidation sites excluding steroid dienone is 1. The fourth-order valence-electron chi connectivity index (χ4n) is 1.28. The number of hydrogen-bond acceptors (Lipinski definition) is 3. The first kappa shape index (κ1) is 13.0. The van der Waals surface area contributed by atoms with E-state index in [1.807, 2.05) is 43.3 Å². The van der Waals surface area contributed by atoms with Gasteiger partial charge in [-0.2, -0.15) is 0 Å². The van der Waals surface area contributed by atoms with Gasteiger partial charge in [-0.05, 0) is 13.0 Å². The Morgan fingerprint density at radius 1 is 1.35 bits per heavy atom. The van der Waals surface area contributed by atoms with Crippen LogP contribution >= 0.6 is 0 Å². The van der Waals surface area contributed by atoms with E-state index in [1.54, 1.807) is 0 Å². The van der Waals surface area contributed by atoms with E-state index >= 15 is 0 Å². The minimum atomic E-state index is -0.435. The van der Waals surface area contributed by atoms with E-state index in [4.69, 9.17) is 9.47 Å². The fourth-order valence-corrected chi connectivity index (χ4v) is 1.28. The third-order valence-corrected chi connectivity index (χ3v) is 2.02. The Labute approximate surface area is 101 Å². The van der Waals surface area contributed by atoms with Crippen molar-refractivity contribution in [3.8, 4) is 5.75 Å². The largest absolute Gasteiger partial charge is 0.489 e. The summed E-state index contributed by atoms with van der Waals surface area (Å²) in [7, 11) is 0. The van der Waals surface area contributed by atoms with Gasteiger partial charge >= 0.3 is 5.97 Å². The maximum Gasteiger partial charge on any atom is 0.330 e. The van der Waals surface area contributed by atoms with Gasteiger partial charge in [0.05, 0.1) is 0 Å². The van der Waals surface area contributed by atoms with Gasteiger partial charge in [0, 0.05) is 11.6 Å². The molecule has 0 aliphatic carbocycles. The van der Waals surface area contributed by atoms with Crippen molar-refractivity contribution >= 4 is 12.0 Å². The summed E-state index contributed by atoms with van der Waals surface area (Å²) in [5.41, 5.74) is 1.00. The lowest BCUT2D eigenvalue weighted by atomic mass is 10.2. The molecule has 0 fully saturated rings. The lowest BCUT2D eigenvalue weighted by Gasteiger charge is -2.08. The van der Waals surface area contributed by atoms with Crippen molar-refractivity contribution in [3.05, 3.63) is 48.6 Å². The molecule has 17 heavy (non-hydrogen) atoms. The molecule has 0 atom stereocenters. The lowest BCUT2D eigenvalue weighted by molar-refractivity contribution is -0.138. The molecule has 3 heteroatoms. The van der Waals surface area contributed by atoms with Crippen LogP contribution < -0.4 is 4.74 Å². The van der Waals surface area contributed by atoms with E-state index in [1.165, 1.54) is 0 Å². The van der Waals surface area contributed by atoms with Crippen LogP contribution in [0.2, 0.25) is 0 Å². The van der Waals surface area contributed by atoms with Crippen LogP contribution in [-0.4, -0.2) is 19.2 Å². The number of carbonyl (C=O) groups is 1. The van der Waals surface area contributed by atoms with E-state index in [0.717, 1.165) is 17.4 Å². The minimum absolute atomic E-state index is 0.217. The summed E-state index contributed by atoms with van der Waals surface area (Å²) in [6.07, 6.45) is 5.04. The van der Waals surface area contributed by atoms with Crippen molar-refractivity contribution in [2.45, 2.75) is 6.92 Å². The number of esters is 1. The maximum absolute atomic E-state index is 10.8. The molecule has 0 unspecified atom stereocenters. The van der Waals surface area contributed by atoms with Crippen LogP contribution in [-0.2, 0) is 9.53 Å². The van der Waals surface area contributed by atoms with Gasteiger partial charge in [-0.1, -0.05) is 36.9 Å². The van der Waals surface area contributed by atoms with Gasteiger partial charge in [-0.25, -0.2) is 4.79 Å². The molecular formula is C14H16O3. The normalized spacial score (nSPS) is 10.2. The zero-order chi connectivity index (χ0) is 12.5. The number of ether oxygens (including phenoxy) is 2. The van der Waals surface area contributed by atoms with Crippen LogP contribution in [0.1, 0.15) is 12.5 Å². The zero-order valence-electron chi connectivity index (χ0n) is 9.89. The molecule has 0 heterocycles. The zero-order valence-corrected chi connectivity index (χ0v) is 9.89. The topological polar surface area (TPSA) is 35.5 Å². The Morgan fingerprint density at radius 3 is 2.82 bits per heavy atom. The first-order valence-corrected chi connectivity index (χ1v) is 5.41. The molecule has 0 N–H and O–H groups in total. The minimum Gasteiger partial charge on any atom is -0.489 e. The number of benzene rings is 1. The highest BCUT2D eigenvalue weighted by atomic mass is 16.6. The first-order chi connectivity index (χ1) is 8.27. The van der Waals surface area contributed by atoms with Gasteiger partial charge in [-0.3, -0.25) is 0 Å². The van der Waals surface area contributed by atoms with Gasteiger partial charge in [-0.15, -0.1) is 0 Å². The van der Waals surface area contributed by atoms with E-state index in [2.05, 4.69) is 6.58 Å². The second-order valence-electron chi connectivity index (χ2n) is 3.26. The molecule has 1 aromatic carbocycles. The van der Waals surface area contributed by atoms with E-state index < -0.39 is 5.97 Å². The van der Waals surface area contributed by atoms with Crippen LogP contribution in [0.15, 0.2) is 43.0 Å². The van der Waals surface area contributed by atoms with Crippen LogP contribution in [0.25, 0.3) is 6.08 Å². The van der Waals surface area contributed by atoms with Gasteiger partial charge < -0.3 is 9.47 Å². The predicted molar refractivity (Wildman–Crippen MR) is 67.8 cm³/mol. The van der Waals surface area contributed by atoms with Crippen molar-refractivity contribution in [1.82, 2.24) is 0 Å². The molecule has 0 saturated carbocycles. The highest BCUT2D eigenvalue weighted by Gasteiger charge is 2.00. The monoisotopic (exact) mass is 232 g/mol. The van der Waals surface area contributed by atoms with Gasteiger partial charge in [0.1, 0.15) is 19.0 Å². The highest BCUT2D eigenvalue weighted by molar-refractivity contribution is 5.81. The number of hydrogen-bond donors (Lipinski definition) is 0. The van der Waals surface area contributed by atoms with Crippen LogP contribution in [0.3, 0.4) is 0 Å². The summed E-state index contributed by atoms with van der Waals surface area (Å²) >= 11 is 0. The molecule has 3 nitrogen and oxygen atoms in total. The molecule has 0 radical (unpaired) electrons. The summed E-state index contributed by atoms with van der Waals surface area (Å²) < 4.78 is 10.3. The molecule has 0 amide bonds. The van der Waals surface area contributed by atoms with Crippen molar-refractivity contribution in [2.75, 3.05) is 13.2 Å². The lowest BCUT2D eigenvalue weighted by Crippen LogP contribution is -2.10. The molecule has 0 aliphatic heterocycles. The smallest absolute Gasteiger partial charge is 0.330 e. The predicted octanol–water partition coefficient (Wildman–Crippen LogP) is 2.83. The van der Waals surface area contributed by atoms with Crippen LogP contribution in [0.5, 0.6) is 5.75 Å². The molecule has 0 saturated heterocycles.